The Balaban J connectivity index is 1.42. The van der Waals surface area contributed by atoms with E-state index in [1.807, 2.05) is 91.0 Å². The fourth-order valence-electron chi connectivity index (χ4n) is 3.57. The van der Waals surface area contributed by atoms with E-state index in [-0.39, 0.29) is 30.1 Å². The number of nitrogens with zero attached hydrogens (tertiary/aromatic N) is 1. The van der Waals surface area contributed by atoms with Crippen molar-refractivity contribution < 1.29 is 14.4 Å². The zero-order valence-electron chi connectivity index (χ0n) is 17.3. The third-order valence-corrected chi connectivity index (χ3v) is 6.04. The standard InChI is InChI=1S/C26H22N2O3S/c29-24(23(20-12-6-2-7-13-20)21-14-8-3-9-15-21)27-16-17-28-25(30)22(32-26(28)31)18-19-10-4-1-5-11-19/h1-15,18,23H,16-17H2,(H,27,29)/b22-18-. The molecule has 0 spiro atoms. The van der Waals surface area contributed by atoms with E-state index >= 15 is 0 Å². The van der Waals surface area contributed by atoms with Crippen LogP contribution in [0.3, 0.4) is 0 Å². The number of hydrogen-bond donors (Lipinski definition) is 1. The molecule has 0 aliphatic carbocycles. The Morgan fingerprint density at radius 2 is 1.38 bits per heavy atom. The summed E-state index contributed by atoms with van der Waals surface area (Å²) in [7, 11) is 0. The Morgan fingerprint density at radius 1 is 0.844 bits per heavy atom. The molecule has 3 amide bonds. The molecular weight excluding hydrogens is 420 g/mol. The van der Waals surface area contributed by atoms with Crippen LogP contribution in [0.25, 0.3) is 6.08 Å². The van der Waals surface area contributed by atoms with Crippen molar-refractivity contribution in [2.45, 2.75) is 5.92 Å². The average molecular weight is 443 g/mol. The molecule has 6 heteroatoms. The number of benzene rings is 3. The monoisotopic (exact) mass is 442 g/mol. The molecule has 0 saturated carbocycles. The number of hydrogen-bond acceptors (Lipinski definition) is 4. The van der Waals surface area contributed by atoms with E-state index < -0.39 is 5.92 Å². The van der Waals surface area contributed by atoms with E-state index in [1.165, 1.54) is 4.90 Å². The summed E-state index contributed by atoms with van der Waals surface area (Å²) in [5.74, 6) is -0.972. The van der Waals surface area contributed by atoms with Gasteiger partial charge in [0.15, 0.2) is 0 Å². The van der Waals surface area contributed by atoms with Crippen molar-refractivity contribution in [2.75, 3.05) is 13.1 Å². The minimum absolute atomic E-state index is 0.124. The zero-order valence-corrected chi connectivity index (χ0v) is 18.1. The second-order valence-electron chi connectivity index (χ2n) is 7.29. The van der Waals surface area contributed by atoms with Gasteiger partial charge in [0, 0.05) is 13.1 Å². The lowest BCUT2D eigenvalue weighted by molar-refractivity contribution is -0.124. The molecule has 1 saturated heterocycles. The lowest BCUT2D eigenvalue weighted by Gasteiger charge is -2.19. The third-order valence-electron chi connectivity index (χ3n) is 5.13. The molecule has 1 aliphatic rings. The maximum Gasteiger partial charge on any atom is 0.293 e. The van der Waals surface area contributed by atoms with Crippen molar-refractivity contribution in [2.24, 2.45) is 0 Å². The van der Waals surface area contributed by atoms with Crippen molar-refractivity contribution in [3.8, 4) is 0 Å². The van der Waals surface area contributed by atoms with E-state index in [0.717, 1.165) is 28.5 Å². The van der Waals surface area contributed by atoms with Gasteiger partial charge < -0.3 is 5.32 Å². The Kier molecular flexibility index (Phi) is 6.82. The summed E-state index contributed by atoms with van der Waals surface area (Å²) >= 11 is 0.921. The lowest BCUT2D eigenvalue weighted by atomic mass is 9.90. The molecule has 1 N–H and O–H groups in total. The van der Waals surface area contributed by atoms with Crippen LogP contribution in [-0.4, -0.2) is 35.0 Å². The topological polar surface area (TPSA) is 66.5 Å². The minimum Gasteiger partial charge on any atom is -0.353 e. The van der Waals surface area contributed by atoms with Gasteiger partial charge in [0.05, 0.1) is 10.8 Å². The number of nitrogens with one attached hydrogen (secondary N) is 1. The van der Waals surface area contributed by atoms with Gasteiger partial charge in [-0.05, 0) is 34.5 Å². The second kappa shape index (κ2) is 10.1. The first-order valence-electron chi connectivity index (χ1n) is 10.3. The fraction of sp³-hybridized carbons (Fsp3) is 0.115. The number of rotatable bonds is 7. The molecule has 5 nitrogen and oxygen atoms in total. The van der Waals surface area contributed by atoms with E-state index in [1.54, 1.807) is 6.08 Å². The maximum atomic E-state index is 13.1. The highest BCUT2D eigenvalue weighted by atomic mass is 32.2. The number of carbonyl (C=O) groups is 3. The molecule has 0 unspecified atom stereocenters. The smallest absolute Gasteiger partial charge is 0.293 e. The van der Waals surface area contributed by atoms with Crippen molar-refractivity contribution in [1.82, 2.24) is 10.2 Å². The van der Waals surface area contributed by atoms with Gasteiger partial charge in [0.25, 0.3) is 11.1 Å². The van der Waals surface area contributed by atoms with E-state index in [4.69, 9.17) is 0 Å². The largest absolute Gasteiger partial charge is 0.353 e. The van der Waals surface area contributed by atoms with Crippen LogP contribution in [0.2, 0.25) is 0 Å². The normalized spacial score (nSPS) is 14.9. The second-order valence-corrected chi connectivity index (χ2v) is 8.28. The van der Waals surface area contributed by atoms with Gasteiger partial charge in [-0.15, -0.1) is 0 Å². The summed E-state index contributed by atoms with van der Waals surface area (Å²) in [6.45, 7) is 0.310. The van der Waals surface area contributed by atoms with Gasteiger partial charge in [0.2, 0.25) is 5.91 Å². The van der Waals surface area contributed by atoms with Gasteiger partial charge in [-0.2, -0.15) is 0 Å². The van der Waals surface area contributed by atoms with Crippen molar-refractivity contribution in [1.29, 1.82) is 0 Å². The minimum atomic E-state index is -0.467. The van der Waals surface area contributed by atoms with Crippen molar-refractivity contribution in [3.63, 3.8) is 0 Å². The molecule has 0 bridgehead atoms. The van der Waals surface area contributed by atoms with Crippen molar-refractivity contribution in [3.05, 3.63) is 113 Å². The molecule has 0 aromatic heterocycles. The molecule has 160 valence electrons. The number of amides is 3. The molecule has 0 atom stereocenters. The summed E-state index contributed by atoms with van der Waals surface area (Å²) in [5.41, 5.74) is 2.63. The Bertz CT molecular complexity index is 1090. The quantitative estimate of drug-likeness (QED) is 0.540. The predicted molar refractivity (Wildman–Crippen MR) is 127 cm³/mol. The molecule has 3 aromatic rings. The number of thioether (sulfide) groups is 1. The van der Waals surface area contributed by atoms with Gasteiger partial charge in [-0.1, -0.05) is 91.0 Å². The van der Waals surface area contributed by atoms with Gasteiger partial charge in [0.1, 0.15) is 0 Å². The lowest BCUT2D eigenvalue weighted by Crippen LogP contribution is -2.39. The van der Waals surface area contributed by atoms with Gasteiger partial charge in [-0.3, -0.25) is 19.3 Å². The van der Waals surface area contributed by atoms with Crippen molar-refractivity contribution >= 4 is 34.9 Å². The maximum absolute atomic E-state index is 13.1. The zero-order chi connectivity index (χ0) is 22.3. The summed E-state index contributed by atoms with van der Waals surface area (Å²) in [6.07, 6.45) is 1.71. The van der Waals surface area contributed by atoms with Crippen LogP contribution in [0.15, 0.2) is 95.9 Å². The van der Waals surface area contributed by atoms with Crippen LogP contribution in [0, 0.1) is 0 Å². The van der Waals surface area contributed by atoms with Crippen LogP contribution >= 0.6 is 11.8 Å². The van der Waals surface area contributed by atoms with Crippen LogP contribution in [0.5, 0.6) is 0 Å². The highest BCUT2D eigenvalue weighted by molar-refractivity contribution is 8.18. The molecule has 4 rings (SSSR count). The van der Waals surface area contributed by atoms with E-state index in [0.29, 0.717) is 4.91 Å². The molecule has 1 heterocycles. The van der Waals surface area contributed by atoms with Crippen LogP contribution in [0.1, 0.15) is 22.6 Å². The first-order valence-corrected chi connectivity index (χ1v) is 11.1. The van der Waals surface area contributed by atoms with Crippen LogP contribution in [-0.2, 0) is 9.59 Å². The summed E-state index contributed by atoms with van der Waals surface area (Å²) in [5, 5.41) is 2.57. The SMILES string of the molecule is O=C(NCCN1C(=O)S/C(=C\c2ccccc2)C1=O)C(c1ccccc1)c1ccccc1. The molecule has 3 aromatic carbocycles. The Morgan fingerprint density at radius 3 is 1.94 bits per heavy atom. The molecule has 0 radical (unpaired) electrons. The first kappa shape index (κ1) is 21.6. The Labute approximate surface area is 191 Å². The predicted octanol–water partition coefficient (Wildman–Crippen LogP) is 4.67. The fourth-order valence-corrected chi connectivity index (χ4v) is 4.44. The van der Waals surface area contributed by atoms with Crippen LogP contribution < -0.4 is 5.32 Å². The summed E-state index contributed by atoms with van der Waals surface area (Å²) in [6, 6.07) is 28.5. The molecule has 32 heavy (non-hydrogen) atoms. The van der Waals surface area contributed by atoms with Gasteiger partial charge in [-0.25, -0.2) is 0 Å². The molecule has 1 aliphatic heterocycles. The summed E-state index contributed by atoms with van der Waals surface area (Å²) in [4.78, 5) is 39.7. The van der Waals surface area contributed by atoms with E-state index in [9.17, 15) is 14.4 Å². The highest BCUT2D eigenvalue weighted by Gasteiger charge is 2.34. The first-order chi connectivity index (χ1) is 15.6. The highest BCUT2D eigenvalue weighted by Crippen LogP contribution is 2.32. The summed E-state index contributed by atoms with van der Waals surface area (Å²) < 4.78 is 0. The van der Waals surface area contributed by atoms with Gasteiger partial charge >= 0.3 is 0 Å². The Hall–Kier alpha value is -3.64. The van der Waals surface area contributed by atoms with E-state index in [2.05, 4.69) is 5.32 Å². The van der Waals surface area contributed by atoms with Crippen LogP contribution in [0.4, 0.5) is 4.79 Å². The molecular formula is C26H22N2O3S. The molecule has 1 fully saturated rings. The third kappa shape index (κ3) is 4.98. The number of carbonyl (C=O) groups excluding carboxylic acids is 3. The average Bonchev–Trinajstić information content (AvgIpc) is 3.08. The number of imide groups is 1.